The molecule has 0 bridgehead atoms. The highest BCUT2D eigenvalue weighted by Gasteiger charge is 2.21. The van der Waals surface area contributed by atoms with Gasteiger partial charge in [-0.2, -0.15) is 0 Å². The Kier molecular flexibility index (Phi) is 2.49. The molecule has 0 saturated heterocycles. The molecular formula is C13H20ClNO. The van der Waals surface area contributed by atoms with Crippen molar-refractivity contribution >= 4 is 11.6 Å². The molecule has 16 heavy (non-hydrogen) atoms. The number of hydrogen-bond donors (Lipinski definition) is 2. The van der Waals surface area contributed by atoms with Crippen molar-refractivity contribution in [1.29, 1.82) is 0 Å². The summed E-state index contributed by atoms with van der Waals surface area (Å²) < 4.78 is 39.2. The highest BCUT2D eigenvalue weighted by atomic mass is 35.5. The van der Waals surface area contributed by atoms with Crippen molar-refractivity contribution < 1.29 is 12.0 Å². The van der Waals surface area contributed by atoms with Crippen LogP contribution in [0.2, 0.25) is 5.02 Å². The van der Waals surface area contributed by atoms with Crippen LogP contribution in [-0.2, 0) is 0 Å². The fourth-order valence-corrected chi connectivity index (χ4v) is 1.40. The first kappa shape index (κ1) is 7.70. The molecule has 1 aromatic rings. The third-order valence-electron chi connectivity index (χ3n) is 1.83. The van der Waals surface area contributed by atoms with Crippen LogP contribution in [0, 0.1) is 0 Å². The molecule has 3 heteroatoms. The summed E-state index contributed by atoms with van der Waals surface area (Å²) in [7, 11) is 0. The summed E-state index contributed by atoms with van der Waals surface area (Å²) in [5.74, 6) is 0. The lowest BCUT2D eigenvalue weighted by Gasteiger charge is -2.29. The van der Waals surface area contributed by atoms with Crippen LogP contribution >= 0.6 is 11.6 Å². The van der Waals surface area contributed by atoms with Gasteiger partial charge in [0.25, 0.3) is 0 Å². The summed E-state index contributed by atoms with van der Waals surface area (Å²) in [6.45, 7) is 2.06. The van der Waals surface area contributed by atoms with Crippen molar-refractivity contribution in [3.63, 3.8) is 0 Å². The van der Waals surface area contributed by atoms with E-state index in [4.69, 9.17) is 18.5 Å². The summed E-state index contributed by atoms with van der Waals surface area (Å²) in [4.78, 5) is 0. The van der Waals surface area contributed by atoms with Gasteiger partial charge in [0, 0.05) is 22.1 Å². The fourth-order valence-electron chi connectivity index (χ4n) is 1.21. The zero-order valence-electron chi connectivity index (χ0n) is 14.6. The lowest BCUT2D eigenvalue weighted by Crippen LogP contribution is -2.44. The molecule has 0 aromatic heterocycles. The van der Waals surface area contributed by atoms with Crippen molar-refractivity contribution in [3.8, 4) is 0 Å². The van der Waals surface area contributed by atoms with Crippen LogP contribution in [-0.4, -0.2) is 16.7 Å². The summed E-state index contributed by atoms with van der Waals surface area (Å²) >= 11 is 5.83. The molecule has 1 rings (SSSR count). The smallest absolute Gasteiger partial charge is 0.0940 e. The van der Waals surface area contributed by atoms with Crippen LogP contribution < -0.4 is 5.32 Å². The molecule has 2 nitrogen and oxygen atoms in total. The van der Waals surface area contributed by atoms with Crippen LogP contribution in [0.3, 0.4) is 0 Å². The lowest BCUT2D eigenvalue weighted by atomic mass is 10.00. The molecule has 2 atom stereocenters. The van der Waals surface area contributed by atoms with E-state index in [1.54, 1.807) is 26.8 Å². The Bertz CT molecular complexity index is 512. The monoisotopic (exact) mass is 246 g/mol. The number of aliphatic hydroxyl groups is 1. The second-order valence-corrected chi connectivity index (χ2v) is 5.05. The van der Waals surface area contributed by atoms with E-state index in [9.17, 15) is 5.11 Å². The number of nitrogens with one attached hydrogen (secondary N) is 1. The Morgan fingerprint density at radius 1 is 1.50 bits per heavy atom. The van der Waals surface area contributed by atoms with Crippen molar-refractivity contribution in [2.45, 2.75) is 45.3 Å². The second-order valence-electron chi connectivity index (χ2n) is 4.61. The van der Waals surface area contributed by atoms with Crippen LogP contribution in [0.5, 0.6) is 0 Å². The molecule has 2 N–H and O–H groups in total. The summed E-state index contributed by atoms with van der Waals surface area (Å²) in [5.41, 5.74) is -0.845. The van der Waals surface area contributed by atoms with E-state index in [-0.39, 0.29) is 10.6 Å². The minimum atomic E-state index is -2.93. The molecule has 0 amide bonds. The average molecular weight is 247 g/mol. The third-order valence-corrected chi connectivity index (χ3v) is 2.07. The van der Waals surface area contributed by atoms with Gasteiger partial charge in [-0.3, -0.25) is 0 Å². The molecule has 0 saturated carbocycles. The average Bonchev–Trinajstić information content (AvgIpc) is 2.24. The first-order chi connectivity index (χ1) is 9.21. The molecule has 1 aromatic carbocycles. The fraction of sp³-hybridized carbons (Fsp3) is 0.538. The van der Waals surface area contributed by atoms with Crippen LogP contribution in [0.1, 0.15) is 46.1 Å². The molecular weight excluding hydrogens is 222 g/mol. The number of rotatable bonds is 3. The maximum atomic E-state index is 10.5. The third kappa shape index (κ3) is 4.12. The zero-order chi connectivity index (χ0) is 16.7. The van der Waals surface area contributed by atoms with Gasteiger partial charge in [0.15, 0.2) is 0 Å². The molecule has 0 fully saturated rings. The highest BCUT2D eigenvalue weighted by Crippen LogP contribution is 2.21. The van der Waals surface area contributed by atoms with Gasteiger partial charge in [-0.25, -0.2) is 0 Å². The lowest BCUT2D eigenvalue weighted by molar-refractivity contribution is 0.121. The summed E-state index contributed by atoms with van der Waals surface area (Å²) in [6.07, 6.45) is -2.71. The van der Waals surface area contributed by atoms with Gasteiger partial charge in [0.2, 0.25) is 0 Å². The molecule has 0 heterocycles. The molecule has 0 radical (unpaired) electrons. The van der Waals surface area contributed by atoms with E-state index in [2.05, 4.69) is 5.32 Å². The van der Waals surface area contributed by atoms with E-state index in [1.807, 2.05) is 0 Å². The highest BCUT2D eigenvalue weighted by molar-refractivity contribution is 6.30. The van der Waals surface area contributed by atoms with Gasteiger partial charge < -0.3 is 10.4 Å². The zero-order valence-corrected chi connectivity index (χ0v) is 10.4. The molecule has 0 aliphatic heterocycles. The largest absolute Gasteiger partial charge is 0.387 e. The van der Waals surface area contributed by atoms with E-state index >= 15 is 0 Å². The van der Waals surface area contributed by atoms with Gasteiger partial charge in [-0.15, -0.1) is 0 Å². The van der Waals surface area contributed by atoms with Crippen molar-refractivity contribution in [1.82, 2.24) is 5.32 Å². The summed E-state index contributed by atoms with van der Waals surface area (Å²) in [6, 6.07) is 3.07. The van der Waals surface area contributed by atoms with Crippen molar-refractivity contribution in [2.24, 2.45) is 0 Å². The standard InChI is InChI=1S/C13H20ClNO/c1-9(15-13(2,3)4)12(16)10-6-5-7-11(14)8-10/h5-9,12,15-16H,1-4H3/i1D3,9D,12D. The Balaban J connectivity index is 3.44. The second kappa shape index (κ2) is 5.17. The molecule has 0 spiro atoms. The number of benzene rings is 1. The minimum Gasteiger partial charge on any atom is -0.387 e. The Morgan fingerprint density at radius 2 is 2.19 bits per heavy atom. The van der Waals surface area contributed by atoms with Crippen LogP contribution in [0.25, 0.3) is 0 Å². The van der Waals surface area contributed by atoms with Crippen LogP contribution in [0.4, 0.5) is 0 Å². The predicted molar refractivity (Wildman–Crippen MR) is 68.8 cm³/mol. The van der Waals surface area contributed by atoms with Gasteiger partial charge in [0.1, 0.15) is 0 Å². The SMILES string of the molecule is [2H]C([2H])([2H])C([2H])(NC(C)(C)C)C([2H])(O)c1cccc(Cl)c1. The van der Waals surface area contributed by atoms with Gasteiger partial charge in [0.05, 0.1) is 7.45 Å². The maximum absolute atomic E-state index is 10.5. The van der Waals surface area contributed by atoms with Gasteiger partial charge >= 0.3 is 0 Å². The summed E-state index contributed by atoms with van der Waals surface area (Å²) in [5, 5.41) is 13.3. The number of halogens is 1. The Labute approximate surface area is 110 Å². The first-order valence-corrected chi connectivity index (χ1v) is 5.36. The Hall–Kier alpha value is -0.570. The number of hydrogen-bond acceptors (Lipinski definition) is 2. The maximum Gasteiger partial charge on any atom is 0.0940 e. The first-order valence-electron chi connectivity index (χ1n) is 7.48. The van der Waals surface area contributed by atoms with Gasteiger partial charge in [-0.1, -0.05) is 23.7 Å². The predicted octanol–water partition coefficient (Wildman–Crippen LogP) is 3.15. The molecule has 0 aliphatic carbocycles. The molecule has 0 aliphatic rings. The van der Waals surface area contributed by atoms with Crippen molar-refractivity contribution in [2.75, 3.05) is 0 Å². The minimum absolute atomic E-state index is 0.0575. The quantitative estimate of drug-likeness (QED) is 0.859. The normalized spacial score (nSPS) is 25.2. The molecule has 2 unspecified atom stereocenters. The van der Waals surface area contributed by atoms with Crippen molar-refractivity contribution in [3.05, 3.63) is 34.9 Å². The van der Waals surface area contributed by atoms with E-state index in [1.165, 1.54) is 18.2 Å². The topological polar surface area (TPSA) is 32.3 Å². The molecule has 90 valence electrons. The van der Waals surface area contributed by atoms with E-state index in [0.29, 0.717) is 0 Å². The van der Waals surface area contributed by atoms with Crippen LogP contribution in [0.15, 0.2) is 24.3 Å². The Morgan fingerprint density at radius 3 is 2.69 bits per heavy atom. The van der Waals surface area contributed by atoms with E-state index < -0.39 is 24.5 Å². The van der Waals surface area contributed by atoms with Gasteiger partial charge in [-0.05, 0) is 45.3 Å². The van der Waals surface area contributed by atoms with E-state index in [0.717, 1.165) is 0 Å².